The minimum absolute atomic E-state index is 0.248. The average Bonchev–Trinajstić information content (AvgIpc) is 2.26. The SMILES string of the molecule is C=CC(=O)c1ccccc1NC(=O)OC(C)(C)C. The van der Waals surface area contributed by atoms with Crippen LogP contribution in [0.5, 0.6) is 0 Å². The van der Waals surface area contributed by atoms with Crippen molar-refractivity contribution < 1.29 is 14.3 Å². The summed E-state index contributed by atoms with van der Waals surface area (Å²) >= 11 is 0. The molecule has 0 saturated heterocycles. The predicted octanol–water partition coefficient (Wildman–Crippen LogP) is 3.40. The fourth-order valence-electron chi connectivity index (χ4n) is 1.33. The molecule has 0 saturated carbocycles. The molecule has 0 aliphatic rings. The van der Waals surface area contributed by atoms with Gasteiger partial charge in [0.05, 0.1) is 5.69 Å². The average molecular weight is 247 g/mol. The van der Waals surface area contributed by atoms with Crippen LogP contribution in [0.25, 0.3) is 0 Å². The van der Waals surface area contributed by atoms with E-state index in [1.54, 1.807) is 45.0 Å². The molecule has 0 aliphatic carbocycles. The first-order valence-corrected chi connectivity index (χ1v) is 5.59. The normalized spacial score (nSPS) is 10.6. The van der Waals surface area contributed by atoms with Crippen molar-refractivity contribution in [3.8, 4) is 0 Å². The molecule has 1 aromatic carbocycles. The zero-order valence-electron chi connectivity index (χ0n) is 10.8. The van der Waals surface area contributed by atoms with E-state index in [-0.39, 0.29) is 5.78 Å². The molecular weight excluding hydrogens is 230 g/mol. The van der Waals surface area contributed by atoms with E-state index in [1.807, 2.05) is 0 Å². The Labute approximate surface area is 107 Å². The Morgan fingerprint density at radius 2 is 1.89 bits per heavy atom. The third kappa shape index (κ3) is 4.05. The summed E-state index contributed by atoms with van der Waals surface area (Å²) in [6.07, 6.45) is 0.613. The molecule has 0 unspecified atom stereocenters. The fraction of sp³-hybridized carbons (Fsp3) is 0.286. The zero-order chi connectivity index (χ0) is 13.8. The third-order valence-corrected chi connectivity index (χ3v) is 2.01. The van der Waals surface area contributed by atoms with E-state index in [0.29, 0.717) is 11.3 Å². The predicted molar refractivity (Wildman–Crippen MR) is 70.8 cm³/mol. The van der Waals surface area contributed by atoms with Gasteiger partial charge < -0.3 is 4.74 Å². The molecular formula is C14H17NO3. The smallest absolute Gasteiger partial charge is 0.412 e. The number of nitrogens with one attached hydrogen (secondary N) is 1. The molecule has 1 amide bonds. The molecule has 18 heavy (non-hydrogen) atoms. The Bertz CT molecular complexity index is 472. The summed E-state index contributed by atoms with van der Waals surface area (Å²) in [5, 5.41) is 2.55. The summed E-state index contributed by atoms with van der Waals surface area (Å²) in [5.41, 5.74) is 0.219. The van der Waals surface area contributed by atoms with Gasteiger partial charge in [-0.15, -0.1) is 0 Å². The summed E-state index contributed by atoms with van der Waals surface area (Å²) in [6, 6.07) is 6.71. The number of carbonyl (C=O) groups is 2. The van der Waals surface area contributed by atoms with Crippen molar-refractivity contribution in [3.63, 3.8) is 0 Å². The van der Waals surface area contributed by atoms with Gasteiger partial charge in [-0.05, 0) is 39.0 Å². The molecule has 0 bridgehead atoms. The first-order valence-electron chi connectivity index (χ1n) is 5.59. The van der Waals surface area contributed by atoms with Crippen molar-refractivity contribution >= 4 is 17.6 Å². The van der Waals surface area contributed by atoms with Gasteiger partial charge in [-0.3, -0.25) is 10.1 Å². The molecule has 0 spiro atoms. The maximum Gasteiger partial charge on any atom is 0.412 e. The molecule has 96 valence electrons. The summed E-state index contributed by atoms with van der Waals surface area (Å²) in [6.45, 7) is 8.74. The zero-order valence-corrected chi connectivity index (χ0v) is 10.8. The van der Waals surface area contributed by atoms with Crippen LogP contribution in [0.15, 0.2) is 36.9 Å². The second-order valence-electron chi connectivity index (χ2n) is 4.74. The van der Waals surface area contributed by atoms with Crippen LogP contribution < -0.4 is 5.32 Å². The molecule has 0 heterocycles. The highest BCUT2D eigenvalue weighted by molar-refractivity contribution is 6.09. The number of anilines is 1. The topological polar surface area (TPSA) is 55.4 Å². The van der Waals surface area contributed by atoms with Gasteiger partial charge in [0.1, 0.15) is 5.60 Å². The number of amides is 1. The standard InChI is InChI=1S/C14H17NO3/c1-5-12(16)10-8-6-7-9-11(10)15-13(17)18-14(2,3)4/h5-9H,1H2,2-4H3,(H,15,17). The molecule has 1 N–H and O–H groups in total. The summed E-state index contributed by atoms with van der Waals surface area (Å²) in [7, 11) is 0. The van der Waals surface area contributed by atoms with E-state index in [0.717, 1.165) is 0 Å². The summed E-state index contributed by atoms with van der Waals surface area (Å²) < 4.78 is 5.12. The maximum atomic E-state index is 11.6. The lowest BCUT2D eigenvalue weighted by atomic mass is 10.1. The van der Waals surface area contributed by atoms with E-state index in [2.05, 4.69) is 11.9 Å². The van der Waals surface area contributed by atoms with E-state index < -0.39 is 11.7 Å². The van der Waals surface area contributed by atoms with Crippen LogP contribution in [-0.4, -0.2) is 17.5 Å². The third-order valence-electron chi connectivity index (χ3n) is 2.01. The van der Waals surface area contributed by atoms with E-state index >= 15 is 0 Å². The van der Waals surface area contributed by atoms with Gasteiger partial charge in [0.15, 0.2) is 5.78 Å². The van der Waals surface area contributed by atoms with E-state index in [4.69, 9.17) is 4.74 Å². The van der Waals surface area contributed by atoms with Crippen molar-refractivity contribution in [1.82, 2.24) is 0 Å². The van der Waals surface area contributed by atoms with Gasteiger partial charge in [0.25, 0.3) is 0 Å². The Kier molecular flexibility index (Phi) is 4.26. The van der Waals surface area contributed by atoms with Crippen LogP contribution in [-0.2, 0) is 4.74 Å². The molecule has 4 heteroatoms. The molecule has 4 nitrogen and oxygen atoms in total. The van der Waals surface area contributed by atoms with Crippen LogP contribution in [0.1, 0.15) is 31.1 Å². The molecule has 1 rings (SSSR count). The summed E-state index contributed by atoms with van der Waals surface area (Å²) in [4.78, 5) is 23.2. The number of benzene rings is 1. The van der Waals surface area contributed by atoms with Gasteiger partial charge in [0, 0.05) is 5.56 Å². The molecule has 0 aromatic heterocycles. The quantitative estimate of drug-likeness (QED) is 0.657. The van der Waals surface area contributed by atoms with E-state index in [9.17, 15) is 9.59 Å². The highest BCUT2D eigenvalue weighted by atomic mass is 16.6. The van der Waals surface area contributed by atoms with Gasteiger partial charge in [-0.1, -0.05) is 18.7 Å². The Hall–Kier alpha value is -2.10. The minimum atomic E-state index is -0.591. The van der Waals surface area contributed by atoms with Gasteiger partial charge in [0.2, 0.25) is 0 Å². The van der Waals surface area contributed by atoms with Gasteiger partial charge >= 0.3 is 6.09 Å². The van der Waals surface area contributed by atoms with Crippen molar-refractivity contribution in [2.75, 3.05) is 5.32 Å². The number of ether oxygens (including phenoxy) is 1. The van der Waals surface area contributed by atoms with Crippen LogP contribution >= 0.6 is 0 Å². The first kappa shape index (κ1) is 14.0. The fourth-order valence-corrected chi connectivity index (χ4v) is 1.33. The first-order chi connectivity index (χ1) is 8.33. The molecule has 1 aromatic rings. The monoisotopic (exact) mass is 247 g/mol. The number of rotatable bonds is 3. The van der Waals surface area contributed by atoms with Crippen LogP contribution in [0.2, 0.25) is 0 Å². The second kappa shape index (κ2) is 5.49. The van der Waals surface area contributed by atoms with Crippen molar-refractivity contribution in [2.24, 2.45) is 0 Å². The molecule has 0 atom stereocenters. The lowest BCUT2D eigenvalue weighted by Crippen LogP contribution is -2.27. The van der Waals surface area contributed by atoms with Crippen molar-refractivity contribution in [2.45, 2.75) is 26.4 Å². The Balaban J connectivity index is 2.88. The van der Waals surface area contributed by atoms with Crippen LogP contribution in [0, 0.1) is 0 Å². The van der Waals surface area contributed by atoms with Gasteiger partial charge in [-0.2, -0.15) is 0 Å². The highest BCUT2D eigenvalue weighted by Gasteiger charge is 2.17. The molecule has 0 radical (unpaired) electrons. The van der Waals surface area contributed by atoms with Crippen molar-refractivity contribution in [3.05, 3.63) is 42.5 Å². The lowest BCUT2D eigenvalue weighted by Gasteiger charge is -2.20. The number of para-hydroxylation sites is 1. The number of hydrogen-bond donors (Lipinski definition) is 1. The van der Waals surface area contributed by atoms with Crippen molar-refractivity contribution in [1.29, 1.82) is 0 Å². The highest BCUT2D eigenvalue weighted by Crippen LogP contribution is 2.17. The summed E-state index contributed by atoms with van der Waals surface area (Å²) in [5.74, 6) is -0.248. The Morgan fingerprint density at radius 3 is 2.44 bits per heavy atom. The largest absolute Gasteiger partial charge is 0.444 e. The Morgan fingerprint density at radius 1 is 1.28 bits per heavy atom. The number of ketones is 1. The number of carbonyl (C=O) groups excluding carboxylic acids is 2. The van der Waals surface area contributed by atoms with Crippen LogP contribution in [0.3, 0.4) is 0 Å². The molecule has 0 aliphatic heterocycles. The second-order valence-corrected chi connectivity index (χ2v) is 4.74. The molecule has 0 fully saturated rings. The van der Waals surface area contributed by atoms with E-state index in [1.165, 1.54) is 6.08 Å². The van der Waals surface area contributed by atoms with Gasteiger partial charge in [-0.25, -0.2) is 4.79 Å². The number of allylic oxidation sites excluding steroid dienone is 1. The maximum absolute atomic E-state index is 11.6. The minimum Gasteiger partial charge on any atom is -0.444 e. The lowest BCUT2D eigenvalue weighted by molar-refractivity contribution is 0.0636. The van der Waals surface area contributed by atoms with Crippen LogP contribution in [0.4, 0.5) is 10.5 Å². The number of hydrogen-bond acceptors (Lipinski definition) is 3.